The monoisotopic (exact) mass is 350 g/mol. The summed E-state index contributed by atoms with van der Waals surface area (Å²) in [6.07, 6.45) is 0. The van der Waals surface area contributed by atoms with Crippen molar-refractivity contribution in [3.63, 3.8) is 0 Å². The minimum Gasteiger partial charge on any atom is -0.480 e. The second-order valence-corrected chi connectivity index (χ2v) is 6.72. The molecule has 0 fully saturated rings. The molecule has 0 saturated heterocycles. The van der Waals surface area contributed by atoms with Crippen LogP contribution in [0.15, 0.2) is 48.5 Å². The Labute approximate surface area is 143 Å². The summed E-state index contributed by atoms with van der Waals surface area (Å²) in [5.74, 6) is -1.16. The third-order valence-corrected chi connectivity index (χ3v) is 4.90. The molecule has 0 amide bonds. The Kier molecular flexibility index (Phi) is 5.34. The standard InChI is InChI=1S/C17H15ClO4S/c1-17(15(19)20,23-16(21)22-2)13-9-8-12(10-14(13)18)11-6-4-3-5-7-11/h3-10H,1-2H3,(H,19,20). The SMILES string of the molecule is COC(=O)SC(C)(C(=O)O)c1ccc(-c2ccccc2)cc1Cl. The van der Waals surface area contributed by atoms with Crippen LogP contribution in [-0.4, -0.2) is 23.5 Å². The number of carboxylic acid groups (broad SMARTS) is 1. The van der Waals surface area contributed by atoms with Gasteiger partial charge >= 0.3 is 11.3 Å². The molecule has 0 aliphatic carbocycles. The summed E-state index contributed by atoms with van der Waals surface area (Å²) in [5, 5.41) is 9.16. The molecule has 0 aliphatic rings. The van der Waals surface area contributed by atoms with E-state index >= 15 is 0 Å². The number of hydrogen-bond donors (Lipinski definition) is 1. The fourth-order valence-electron chi connectivity index (χ4n) is 2.13. The Bertz CT molecular complexity index is 733. The Morgan fingerprint density at radius 1 is 1.13 bits per heavy atom. The second-order valence-electron chi connectivity index (χ2n) is 4.96. The molecule has 4 nitrogen and oxygen atoms in total. The number of aliphatic carboxylic acids is 1. The predicted molar refractivity (Wildman–Crippen MR) is 91.9 cm³/mol. The maximum Gasteiger partial charge on any atom is 0.368 e. The summed E-state index contributed by atoms with van der Waals surface area (Å²) in [5.41, 5.74) is 2.19. The fourth-order valence-corrected chi connectivity index (χ4v) is 3.35. The molecule has 0 aliphatic heterocycles. The quantitative estimate of drug-likeness (QED) is 0.802. The number of rotatable bonds is 4. The first kappa shape index (κ1) is 17.4. The van der Waals surface area contributed by atoms with E-state index < -0.39 is 16.0 Å². The first-order chi connectivity index (χ1) is 10.9. The second kappa shape index (κ2) is 7.06. The number of hydrogen-bond acceptors (Lipinski definition) is 4. The maximum atomic E-state index is 11.7. The lowest BCUT2D eigenvalue weighted by Gasteiger charge is -2.24. The van der Waals surface area contributed by atoms with Gasteiger partial charge in [-0.25, -0.2) is 4.79 Å². The van der Waals surface area contributed by atoms with E-state index in [-0.39, 0.29) is 5.02 Å². The van der Waals surface area contributed by atoms with Gasteiger partial charge in [-0.2, -0.15) is 0 Å². The van der Waals surface area contributed by atoms with Crippen molar-refractivity contribution < 1.29 is 19.4 Å². The maximum absolute atomic E-state index is 11.7. The van der Waals surface area contributed by atoms with Gasteiger partial charge in [0.1, 0.15) is 4.75 Å². The minimum atomic E-state index is -1.53. The lowest BCUT2D eigenvalue weighted by Crippen LogP contribution is -2.30. The molecule has 0 bridgehead atoms. The molecule has 120 valence electrons. The van der Waals surface area contributed by atoms with Crippen molar-refractivity contribution in [1.29, 1.82) is 0 Å². The van der Waals surface area contributed by atoms with Gasteiger partial charge in [-0.3, -0.25) is 4.79 Å². The first-order valence-corrected chi connectivity index (χ1v) is 7.93. The highest BCUT2D eigenvalue weighted by Gasteiger charge is 2.41. The molecule has 1 N–H and O–H groups in total. The smallest absolute Gasteiger partial charge is 0.368 e. The molecular formula is C17H15ClO4S. The van der Waals surface area contributed by atoms with Gasteiger partial charge < -0.3 is 9.84 Å². The molecule has 2 aromatic carbocycles. The van der Waals surface area contributed by atoms with Crippen molar-refractivity contribution in [3.8, 4) is 11.1 Å². The highest BCUT2D eigenvalue weighted by Crippen LogP contribution is 2.42. The molecule has 6 heteroatoms. The van der Waals surface area contributed by atoms with Crippen LogP contribution in [0.1, 0.15) is 12.5 Å². The molecule has 0 radical (unpaired) electrons. The van der Waals surface area contributed by atoms with Crippen molar-refractivity contribution in [1.82, 2.24) is 0 Å². The van der Waals surface area contributed by atoms with Crippen LogP contribution in [0.4, 0.5) is 4.79 Å². The average Bonchev–Trinajstić information content (AvgIpc) is 2.55. The summed E-state index contributed by atoms with van der Waals surface area (Å²) >= 11 is 6.88. The number of benzene rings is 2. The number of carboxylic acids is 1. The largest absolute Gasteiger partial charge is 0.480 e. The zero-order chi connectivity index (χ0) is 17.0. The van der Waals surface area contributed by atoms with Gasteiger partial charge in [-0.1, -0.05) is 54.1 Å². The Morgan fingerprint density at radius 2 is 1.78 bits per heavy atom. The number of halogens is 1. The van der Waals surface area contributed by atoms with Crippen molar-refractivity contribution in [3.05, 3.63) is 59.1 Å². The third kappa shape index (κ3) is 3.68. The van der Waals surface area contributed by atoms with E-state index in [4.69, 9.17) is 11.6 Å². The molecular weight excluding hydrogens is 336 g/mol. The van der Waals surface area contributed by atoms with Crippen LogP contribution in [0.5, 0.6) is 0 Å². The van der Waals surface area contributed by atoms with Gasteiger partial charge in [-0.15, -0.1) is 0 Å². The number of ether oxygens (including phenoxy) is 1. The van der Waals surface area contributed by atoms with Gasteiger partial charge in [0.2, 0.25) is 0 Å². The van der Waals surface area contributed by atoms with Crippen LogP contribution in [0, 0.1) is 0 Å². The zero-order valence-electron chi connectivity index (χ0n) is 12.6. The summed E-state index contributed by atoms with van der Waals surface area (Å²) in [6.45, 7) is 1.43. The van der Waals surface area contributed by atoms with E-state index in [1.54, 1.807) is 18.2 Å². The van der Waals surface area contributed by atoms with Crippen LogP contribution in [0.3, 0.4) is 0 Å². The van der Waals surface area contributed by atoms with Gasteiger partial charge in [0.25, 0.3) is 0 Å². The Morgan fingerprint density at radius 3 is 2.30 bits per heavy atom. The number of carbonyl (C=O) groups is 2. The Balaban J connectivity index is 2.46. The lowest BCUT2D eigenvalue weighted by atomic mass is 9.96. The van der Waals surface area contributed by atoms with E-state index in [1.165, 1.54) is 14.0 Å². The molecule has 1 atom stereocenters. The molecule has 0 aromatic heterocycles. The number of methoxy groups -OCH3 is 1. The summed E-state index contributed by atoms with van der Waals surface area (Å²) < 4.78 is 3.04. The van der Waals surface area contributed by atoms with Gasteiger partial charge in [0.15, 0.2) is 0 Å². The predicted octanol–water partition coefficient (Wildman–Crippen LogP) is 4.81. The van der Waals surface area contributed by atoms with E-state index in [2.05, 4.69) is 4.74 Å². The molecule has 2 rings (SSSR count). The van der Waals surface area contributed by atoms with Crippen LogP contribution >= 0.6 is 23.4 Å². The van der Waals surface area contributed by atoms with Gasteiger partial charge in [-0.05, 0) is 41.4 Å². The normalized spacial score (nSPS) is 13.2. The molecule has 0 saturated carbocycles. The molecule has 0 heterocycles. The van der Waals surface area contributed by atoms with Crippen LogP contribution in [0.2, 0.25) is 5.02 Å². The minimum absolute atomic E-state index is 0.285. The zero-order valence-corrected chi connectivity index (χ0v) is 14.1. The van der Waals surface area contributed by atoms with Gasteiger partial charge in [0, 0.05) is 5.02 Å². The fraction of sp³-hybridized carbons (Fsp3) is 0.176. The van der Waals surface area contributed by atoms with E-state index in [0.29, 0.717) is 17.3 Å². The molecule has 0 spiro atoms. The lowest BCUT2D eigenvalue weighted by molar-refractivity contribution is -0.139. The third-order valence-electron chi connectivity index (χ3n) is 3.45. The van der Waals surface area contributed by atoms with E-state index in [1.807, 2.05) is 30.3 Å². The van der Waals surface area contributed by atoms with Crippen LogP contribution in [-0.2, 0) is 14.3 Å². The van der Waals surface area contributed by atoms with E-state index in [0.717, 1.165) is 11.1 Å². The highest BCUT2D eigenvalue weighted by molar-refractivity contribution is 8.14. The van der Waals surface area contributed by atoms with Crippen molar-refractivity contribution in [2.75, 3.05) is 7.11 Å². The molecule has 2 aromatic rings. The van der Waals surface area contributed by atoms with Crippen LogP contribution < -0.4 is 0 Å². The summed E-state index contributed by atoms with van der Waals surface area (Å²) in [4.78, 5) is 23.2. The Hall–Kier alpha value is -1.98. The summed E-state index contributed by atoms with van der Waals surface area (Å²) in [7, 11) is 1.21. The topological polar surface area (TPSA) is 63.6 Å². The number of thioether (sulfide) groups is 1. The van der Waals surface area contributed by atoms with Crippen molar-refractivity contribution in [2.24, 2.45) is 0 Å². The van der Waals surface area contributed by atoms with E-state index in [9.17, 15) is 14.7 Å². The molecule has 23 heavy (non-hydrogen) atoms. The highest BCUT2D eigenvalue weighted by atomic mass is 35.5. The first-order valence-electron chi connectivity index (χ1n) is 6.74. The molecule has 1 unspecified atom stereocenters. The van der Waals surface area contributed by atoms with Crippen molar-refractivity contribution in [2.45, 2.75) is 11.7 Å². The number of carbonyl (C=O) groups excluding carboxylic acids is 1. The average molecular weight is 351 g/mol. The summed E-state index contributed by atoms with van der Waals surface area (Å²) in [6, 6.07) is 14.7. The van der Waals surface area contributed by atoms with Crippen molar-refractivity contribution >= 4 is 34.6 Å². The van der Waals surface area contributed by atoms with Gasteiger partial charge in [0.05, 0.1) is 7.11 Å². The van der Waals surface area contributed by atoms with Crippen LogP contribution in [0.25, 0.3) is 11.1 Å².